The zero-order valence-electron chi connectivity index (χ0n) is 20.4. The Bertz CT molecular complexity index is 1010. The molecule has 0 spiro atoms. The molecule has 0 saturated heterocycles. The standard InChI is InChI=1S/C28H37N3O3/c1-18(2)34-24-12-7-20(8-13-24)28(33)31-17-22-4-3-15-29-27(22)30-25-14-9-21(16-26(25)31)19-5-10-23(32)11-6-19/h3-4,9,14-16,18-20,23-24,32H,5-8,10-13,17H2,1-2H3,(H,29,30). The molecule has 0 bridgehead atoms. The van der Waals surface area contributed by atoms with Crippen molar-refractivity contribution in [1.29, 1.82) is 0 Å². The Morgan fingerprint density at radius 2 is 1.85 bits per heavy atom. The lowest BCUT2D eigenvalue weighted by Crippen LogP contribution is -2.38. The minimum absolute atomic E-state index is 0.0200. The number of nitrogens with one attached hydrogen (secondary N) is 1. The number of aliphatic hydroxyl groups is 1. The van der Waals surface area contributed by atoms with Gasteiger partial charge in [0, 0.05) is 17.7 Å². The summed E-state index contributed by atoms with van der Waals surface area (Å²) in [6.45, 7) is 4.68. The Morgan fingerprint density at radius 1 is 1.09 bits per heavy atom. The van der Waals surface area contributed by atoms with Crippen LogP contribution in [0.15, 0.2) is 36.5 Å². The molecule has 2 saturated carbocycles. The molecule has 1 amide bonds. The van der Waals surface area contributed by atoms with Gasteiger partial charge in [0.05, 0.1) is 36.2 Å². The van der Waals surface area contributed by atoms with Crippen LogP contribution in [0.25, 0.3) is 0 Å². The molecular formula is C28H37N3O3. The second-order valence-electron chi connectivity index (χ2n) is 10.5. The number of amides is 1. The Balaban J connectivity index is 1.43. The predicted molar refractivity (Wildman–Crippen MR) is 134 cm³/mol. The first kappa shape index (κ1) is 23.3. The molecule has 2 aromatic rings. The van der Waals surface area contributed by atoms with Crippen molar-refractivity contribution < 1.29 is 14.6 Å². The molecule has 34 heavy (non-hydrogen) atoms. The van der Waals surface area contributed by atoms with Crippen LogP contribution in [-0.2, 0) is 16.1 Å². The fourth-order valence-electron chi connectivity index (χ4n) is 5.85. The van der Waals surface area contributed by atoms with Gasteiger partial charge < -0.3 is 20.1 Å². The number of fused-ring (bicyclic) bond motifs is 2. The molecule has 6 heteroatoms. The van der Waals surface area contributed by atoms with Crippen LogP contribution in [0.3, 0.4) is 0 Å². The average Bonchev–Trinajstić information content (AvgIpc) is 3.00. The van der Waals surface area contributed by atoms with Crippen molar-refractivity contribution in [1.82, 2.24) is 4.98 Å². The number of anilines is 3. The molecule has 2 fully saturated rings. The van der Waals surface area contributed by atoms with Crippen LogP contribution in [0.5, 0.6) is 0 Å². The number of rotatable bonds is 4. The number of hydrogen-bond acceptors (Lipinski definition) is 5. The first-order valence-corrected chi connectivity index (χ1v) is 13.0. The minimum Gasteiger partial charge on any atom is -0.393 e. The molecule has 182 valence electrons. The van der Waals surface area contributed by atoms with E-state index in [1.54, 1.807) is 6.20 Å². The molecule has 2 aliphatic carbocycles. The highest BCUT2D eigenvalue weighted by atomic mass is 16.5. The van der Waals surface area contributed by atoms with Gasteiger partial charge in [0.25, 0.3) is 0 Å². The number of aromatic nitrogens is 1. The third kappa shape index (κ3) is 4.98. The minimum atomic E-state index is -0.174. The van der Waals surface area contributed by atoms with Gasteiger partial charge in [0.2, 0.25) is 5.91 Å². The Kier molecular flexibility index (Phi) is 6.89. The fraction of sp³-hybridized carbons (Fsp3) is 0.571. The van der Waals surface area contributed by atoms with Gasteiger partial charge >= 0.3 is 0 Å². The van der Waals surface area contributed by atoms with Gasteiger partial charge in [-0.2, -0.15) is 0 Å². The molecule has 0 radical (unpaired) electrons. The van der Waals surface area contributed by atoms with Crippen LogP contribution in [0.2, 0.25) is 0 Å². The second kappa shape index (κ2) is 10.0. The van der Waals surface area contributed by atoms with Gasteiger partial charge in [-0.25, -0.2) is 4.98 Å². The van der Waals surface area contributed by atoms with Crippen LogP contribution < -0.4 is 10.2 Å². The molecule has 0 atom stereocenters. The normalized spacial score (nSPS) is 26.9. The molecule has 1 aromatic carbocycles. The number of benzene rings is 1. The van der Waals surface area contributed by atoms with E-state index in [0.29, 0.717) is 12.5 Å². The van der Waals surface area contributed by atoms with Crippen molar-refractivity contribution >= 4 is 23.1 Å². The van der Waals surface area contributed by atoms with E-state index in [9.17, 15) is 9.90 Å². The number of aliphatic hydroxyl groups excluding tert-OH is 1. The second-order valence-corrected chi connectivity index (χ2v) is 10.5. The van der Waals surface area contributed by atoms with E-state index in [1.807, 2.05) is 11.0 Å². The molecular weight excluding hydrogens is 426 g/mol. The average molecular weight is 464 g/mol. The van der Waals surface area contributed by atoms with E-state index in [-0.39, 0.29) is 30.1 Å². The third-order valence-electron chi connectivity index (χ3n) is 7.71. The van der Waals surface area contributed by atoms with Crippen molar-refractivity contribution in [2.24, 2.45) is 5.92 Å². The van der Waals surface area contributed by atoms with Crippen molar-refractivity contribution in [2.75, 3.05) is 10.2 Å². The topological polar surface area (TPSA) is 74.7 Å². The third-order valence-corrected chi connectivity index (χ3v) is 7.71. The summed E-state index contributed by atoms with van der Waals surface area (Å²) in [5, 5.41) is 13.4. The molecule has 2 heterocycles. The van der Waals surface area contributed by atoms with Crippen LogP contribution >= 0.6 is 0 Å². The van der Waals surface area contributed by atoms with Crippen LogP contribution in [0, 0.1) is 5.92 Å². The highest BCUT2D eigenvalue weighted by Crippen LogP contribution is 2.41. The number of nitrogens with zero attached hydrogens (tertiary/aromatic N) is 2. The maximum absolute atomic E-state index is 13.9. The summed E-state index contributed by atoms with van der Waals surface area (Å²) in [5.41, 5.74) is 4.18. The highest BCUT2D eigenvalue weighted by Gasteiger charge is 2.34. The van der Waals surface area contributed by atoms with Gasteiger partial charge in [-0.05, 0) is 94.9 Å². The Labute approximate surface area is 202 Å². The molecule has 1 aromatic heterocycles. The summed E-state index contributed by atoms with van der Waals surface area (Å²) in [6, 6.07) is 10.5. The van der Waals surface area contributed by atoms with Crippen molar-refractivity contribution in [3.8, 4) is 0 Å². The lowest BCUT2D eigenvalue weighted by Gasteiger charge is -2.33. The fourth-order valence-corrected chi connectivity index (χ4v) is 5.85. The quantitative estimate of drug-likeness (QED) is 0.611. The maximum atomic E-state index is 13.9. The van der Waals surface area contributed by atoms with Gasteiger partial charge in [0.1, 0.15) is 5.82 Å². The van der Waals surface area contributed by atoms with Crippen molar-refractivity contribution in [3.05, 3.63) is 47.7 Å². The van der Waals surface area contributed by atoms with Crippen LogP contribution in [0.1, 0.15) is 82.3 Å². The van der Waals surface area contributed by atoms with Gasteiger partial charge in [-0.15, -0.1) is 0 Å². The monoisotopic (exact) mass is 463 g/mol. The molecule has 5 rings (SSSR count). The number of pyridine rings is 1. The van der Waals surface area contributed by atoms with Gasteiger partial charge in [0.15, 0.2) is 0 Å². The zero-order valence-corrected chi connectivity index (χ0v) is 20.4. The SMILES string of the molecule is CC(C)OC1CCC(C(=O)N2Cc3cccnc3Nc3ccc(C4CCC(O)CC4)cc32)CC1. The van der Waals surface area contributed by atoms with E-state index in [2.05, 4.69) is 48.4 Å². The molecule has 3 aliphatic rings. The summed E-state index contributed by atoms with van der Waals surface area (Å²) < 4.78 is 6.02. The summed E-state index contributed by atoms with van der Waals surface area (Å²) in [6.07, 6.45) is 9.40. The van der Waals surface area contributed by atoms with Crippen LogP contribution in [0.4, 0.5) is 17.2 Å². The number of carbonyl (C=O) groups is 1. The number of ether oxygens (including phenoxy) is 1. The highest BCUT2D eigenvalue weighted by molar-refractivity contribution is 5.99. The largest absolute Gasteiger partial charge is 0.393 e. The van der Waals surface area contributed by atoms with E-state index in [0.717, 1.165) is 74.1 Å². The molecule has 2 N–H and O–H groups in total. The van der Waals surface area contributed by atoms with E-state index >= 15 is 0 Å². The summed E-state index contributed by atoms with van der Waals surface area (Å²) in [5.74, 6) is 1.48. The Morgan fingerprint density at radius 3 is 2.59 bits per heavy atom. The van der Waals surface area contributed by atoms with Crippen LogP contribution in [-0.4, -0.2) is 34.3 Å². The van der Waals surface area contributed by atoms with Gasteiger partial charge in [-0.3, -0.25) is 4.79 Å². The first-order chi connectivity index (χ1) is 16.5. The number of carbonyl (C=O) groups excluding carboxylic acids is 1. The smallest absolute Gasteiger partial charge is 0.230 e. The Hall–Kier alpha value is -2.44. The summed E-state index contributed by atoms with van der Waals surface area (Å²) >= 11 is 0. The maximum Gasteiger partial charge on any atom is 0.230 e. The number of hydrogen-bond donors (Lipinski definition) is 2. The summed E-state index contributed by atoms with van der Waals surface area (Å²) in [7, 11) is 0. The molecule has 1 aliphatic heterocycles. The lowest BCUT2D eigenvalue weighted by atomic mass is 9.82. The van der Waals surface area contributed by atoms with Gasteiger partial charge in [-0.1, -0.05) is 12.1 Å². The van der Waals surface area contributed by atoms with Crippen molar-refractivity contribution in [3.63, 3.8) is 0 Å². The molecule has 6 nitrogen and oxygen atoms in total. The van der Waals surface area contributed by atoms with E-state index in [4.69, 9.17) is 4.74 Å². The molecule has 0 unspecified atom stereocenters. The first-order valence-electron chi connectivity index (χ1n) is 13.0. The predicted octanol–water partition coefficient (Wildman–Crippen LogP) is 5.67. The zero-order chi connectivity index (χ0) is 23.7. The van der Waals surface area contributed by atoms with Crippen molar-refractivity contribution in [2.45, 2.75) is 96.0 Å². The van der Waals surface area contributed by atoms with E-state index in [1.165, 1.54) is 5.56 Å². The van der Waals surface area contributed by atoms with E-state index < -0.39 is 0 Å². The lowest BCUT2D eigenvalue weighted by molar-refractivity contribution is -0.124. The summed E-state index contributed by atoms with van der Waals surface area (Å²) in [4.78, 5) is 20.5.